The molecule has 0 saturated heterocycles. The fraction of sp³-hybridized carbons (Fsp3) is 0.423. The number of benzene rings is 2. The van der Waals surface area contributed by atoms with Crippen LogP contribution in [0.25, 0.3) is 0 Å². The Bertz CT molecular complexity index is 1210. The Balaban J connectivity index is 1.42. The van der Waals surface area contributed by atoms with Gasteiger partial charge in [-0.05, 0) is 42.7 Å². The first-order chi connectivity index (χ1) is 17.6. The molecular weight excluding hydrogens is 492 g/mol. The molecule has 0 fully saturated rings. The van der Waals surface area contributed by atoms with Crippen LogP contribution in [0.3, 0.4) is 0 Å². The van der Waals surface area contributed by atoms with Crippen LogP contribution in [-0.2, 0) is 21.2 Å². The molecule has 10 nitrogen and oxygen atoms in total. The van der Waals surface area contributed by atoms with Crippen LogP contribution in [0.1, 0.15) is 24.0 Å². The van der Waals surface area contributed by atoms with Crippen LogP contribution in [0.2, 0.25) is 0 Å². The number of hydrogen-bond acceptors (Lipinski definition) is 6. The molecule has 2 N–H and O–H groups in total. The summed E-state index contributed by atoms with van der Waals surface area (Å²) in [6.45, 7) is 2.48. The number of carbonyl (C=O) groups excluding carboxylic acids is 2. The Morgan fingerprint density at radius 3 is 2.24 bits per heavy atom. The van der Waals surface area contributed by atoms with Gasteiger partial charge in [0, 0.05) is 65.5 Å². The van der Waals surface area contributed by atoms with E-state index in [1.807, 2.05) is 12.1 Å². The first-order valence-electron chi connectivity index (χ1n) is 12.2. The van der Waals surface area contributed by atoms with Crippen molar-refractivity contribution >= 4 is 33.5 Å². The molecule has 37 heavy (non-hydrogen) atoms. The fourth-order valence-corrected chi connectivity index (χ4v) is 4.94. The summed E-state index contributed by atoms with van der Waals surface area (Å²) in [5.41, 5.74) is 2.71. The highest BCUT2D eigenvalue weighted by Gasteiger charge is 2.21. The van der Waals surface area contributed by atoms with Crippen molar-refractivity contribution in [3.63, 3.8) is 0 Å². The van der Waals surface area contributed by atoms with Crippen LogP contribution in [0, 0.1) is 0 Å². The van der Waals surface area contributed by atoms with Gasteiger partial charge in [0.15, 0.2) is 0 Å². The zero-order chi connectivity index (χ0) is 27.0. The minimum Gasteiger partial charge on any atom is -0.368 e. The molecule has 0 aliphatic carbocycles. The van der Waals surface area contributed by atoms with Gasteiger partial charge in [-0.25, -0.2) is 17.5 Å². The second-order valence-electron chi connectivity index (χ2n) is 9.20. The quantitative estimate of drug-likeness (QED) is 0.464. The minimum atomic E-state index is -3.70. The number of amidine groups is 1. The largest absolute Gasteiger partial charge is 0.368 e. The third-order valence-electron chi connectivity index (χ3n) is 6.15. The predicted octanol–water partition coefficient (Wildman–Crippen LogP) is 2.23. The Morgan fingerprint density at radius 1 is 0.973 bits per heavy atom. The van der Waals surface area contributed by atoms with Gasteiger partial charge in [-0.3, -0.25) is 9.79 Å². The second kappa shape index (κ2) is 12.7. The summed E-state index contributed by atoms with van der Waals surface area (Å²) in [6.07, 6.45) is 1.41. The maximum Gasteiger partial charge on any atom is 0.321 e. The normalized spacial score (nSPS) is 13.2. The van der Waals surface area contributed by atoms with Gasteiger partial charge in [-0.15, -0.1) is 0 Å². The van der Waals surface area contributed by atoms with Crippen LogP contribution in [0.15, 0.2) is 58.4 Å². The SMILES string of the molecule is CN(C)C(=O)Nc1ccc(S(=O)(=O)N(C)CCCC(=O)N(C)CCc2ccc(C3=NCCN3)cc2)cc1. The van der Waals surface area contributed by atoms with Gasteiger partial charge in [0.1, 0.15) is 5.84 Å². The topological polar surface area (TPSA) is 114 Å². The number of anilines is 1. The number of carbonyl (C=O) groups is 2. The van der Waals surface area contributed by atoms with E-state index in [1.165, 1.54) is 28.4 Å². The van der Waals surface area contributed by atoms with E-state index >= 15 is 0 Å². The fourth-order valence-electron chi connectivity index (χ4n) is 3.73. The maximum absolute atomic E-state index is 12.9. The van der Waals surface area contributed by atoms with E-state index in [0.29, 0.717) is 18.7 Å². The van der Waals surface area contributed by atoms with Crippen LogP contribution >= 0.6 is 0 Å². The van der Waals surface area contributed by atoms with E-state index in [4.69, 9.17) is 0 Å². The number of hydrogen-bond donors (Lipinski definition) is 2. The Morgan fingerprint density at radius 2 is 1.65 bits per heavy atom. The van der Waals surface area contributed by atoms with Gasteiger partial charge in [-0.2, -0.15) is 0 Å². The zero-order valence-electron chi connectivity index (χ0n) is 21.9. The summed E-state index contributed by atoms with van der Waals surface area (Å²) in [6, 6.07) is 13.9. The minimum absolute atomic E-state index is 0.0204. The number of nitrogens with zero attached hydrogens (tertiary/aromatic N) is 4. The molecule has 0 radical (unpaired) electrons. The van der Waals surface area contributed by atoms with Gasteiger partial charge in [0.2, 0.25) is 15.9 Å². The summed E-state index contributed by atoms with van der Waals surface area (Å²) >= 11 is 0. The van der Waals surface area contributed by atoms with Crippen LogP contribution in [-0.4, -0.2) is 94.7 Å². The number of aliphatic imine (C=N–C) groups is 1. The molecule has 1 aliphatic rings. The third-order valence-corrected chi connectivity index (χ3v) is 8.02. The summed E-state index contributed by atoms with van der Waals surface area (Å²) in [5.74, 6) is 0.907. The van der Waals surface area contributed by atoms with Crippen molar-refractivity contribution in [2.75, 3.05) is 59.7 Å². The highest BCUT2D eigenvalue weighted by Crippen LogP contribution is 2.18. The van der Waals surface area contributed by atoms with Crippen molar-refractivity contribution in [2.24, 2.45) is 4.99 Å². The zero-order valence-corrected chi connectivity index (χ0v) is 22.7. The van der Waals surface area contributed by atoms with E-state index in [0.717, 1.165) is 36.5 Å². The molecule has 0 aromatic heterocycles. The van der Waals surface area contributed by atoms with E-state index in [9.17, 15) is 18.0 Å². The predicted molar refractivity (Wildman–Crippen MR) is 145 cm³/mol. The lowest BCUT2D eigenvalue weighted by molar-refractivity contribution is -0.130. The molecule has 1 aliphatic heterocycles. The number of sulfonamides is 1. The monoisotopic (exact) mass is 528 g/mol. The summed E-state index contributed by atoms with van der Waals surface area (Å²) in [5, 5.41) is 5.93. The lowest BCUT2D eigenvalue weighted by Gasteiger charge is -2.20. The summed E-state index contributed by atoms with van der Waals surface area (Å²) < 4.78 is 27.0. The standard InChI is InChI=1S/C26H36N6O4S/c1-30(2)26(34)29-22-11-13-23(14-12-22)37(35,36)32(4)18-5-6-24(33)31(3)19-15-20-7-9-21(10-8-20)25-27-16-17-28-25/h7-14H,5-6,15-19H2,1-4H3,(H,27,28)(H,29,34). The average molecular weight is 529 g/mol. The third kappa shape index (κ3) is 7.77. The average Bonchev–Trinajstić information content (AvgIpc) is 3.42. The Labute approximate surface area is 219 Å². The molecule has 1 heterocycles. The van der Waals surface area contributed by atoms with Gasteiger partial charge in [0.25, 0.3) is 0 Å². The van der Waals surface area contributed by atoms with Gasteiger partial charge >= 0.3 is 6.03 Å². The van der Waals surface area contributed by atoms with Gasteiger partial charge in [-0.1, -0.05) is 24.3 Å². The highest BCUT2D eigenvalue weighted by molar-refractivity contribution is 7.89. The number of likely N-dealkylation sites (N-methyl/N-ethyl adjacent to an activating group) is 1. The summed E-state index contributed by atoms with van der Waals surface area (Å²) in [4.78, 5) is 31.9. The molecule has 3 rings (SSSR count). The molecule has 2 aromatic carbocycles. The van der Waals surface area contributed by atoms with Crippen molar-refractivity contribution in [1.29, 1.82) is 0 Å². The highest BCUT2D eigenvalue weighted by atomic mass is 32.2. The first kappa shape index (κ1) is 28.1. The lowest BCUT2D eigenvalue weighted by Crippen LogP contribution is -2.31. The summed E-state index contributed by atoms with van der Waals surface area (Å²) in [7, 11) is 2.81. The molecule has 0 bridgehead atoms. The first-order valence-corrected chi connectivity index (χ1v) is 13.7. The van der Waals surface area contributed by atoms with Gasteiger partial charge < -0.3 is 20.4 Å². The number of rotatable bonds is 11. The second-order valence-corrected chi connectivity index (χ2v) is 11.2. The molecule has 200 valence electrons. The van der Waals surface area contributed by atoms with E-state index < -0.39 is 10.0 Å². The van der Waals surface area contributed by atoms with Crippen LogP contribution < -0.4 is 10.6 Å². The van der Waals surface area contributed by atoms with Crippen molar-refractivity contribution < 1.29 is 18.0 Å². The van der Waals surface area contributed by atoms with Crippen LogP contribution in [0.5, 0.6) is 0 Å². The molecule has 0 saturated carbocycles. The molecule has 11 heteroatoms. The maximum atomic E-state index is 12.9. The van der Waals surface area contributed by atoms with Crippen molar-refractivity contribution in [1.82, 2.24) is 19.4 Å². The van der Waals surface area contributed by atoms with Crippen molar-refractivity contribution in [2.45, 2.75) is 24.2 Å². The molecule has 0 atom stereocenters. The molecule has 3 amide bonds. The van der Waals surface area contributed by atoms with E-state index in [1.54, 1.807) is 38.2 Å². The molecular formula is C26H36N6O4S. The van der Waals surface area contributed by atoms with Crippen molar-refractivity contribution in [3.8, 4) is 0 Å². The number of nitrogens with one attached hydrogen (secondary N) is 2. The smallest absolute Gasteiger partial charge is 0.321 e. The molecule has 0 unspecified atom stereocenters. The van der Waals surface area contributed by atoms with Crippen LogP contribution in [0.4, 0.5) is 10.5 Å². The number of amides is 3. The molecule has 0 spiro atoms. The Hall–Kier alpha value is -3.44. The number of urea groups is 1. The Kier molecular flexibility index (Phi) is 9.65. The van der Waals surface area contributed by atoms with Gasteiger partial charge in [0.05, 0.1) is 11.4 Å². The molecule has 2 aromatic rings. The van der Waals surface area contributed by atoms with Crippen molar-refractivity contribution in [3.05, 3.63) is 59.7 Å². The van der Waals surface area contributed by atoms with E-state index in [2.05, 4.69) is 27.8 Å². The lowest BCUT2D eigenvalue weighted by atomic mass is 10.1. The van der Waals surface area contributed by atoms with E-state index in [-0.39, 0.29) is 29.8 Å².